The van der Waals surface area contributed by atoms with Gasteiger partial charge in [0.05, 0.1) is 4.88 Å². The molecule has 7 heteroatoms. The largest absolute Gasteiger partial charge is 0.370 e. The standard InChI is InChI=1S/C17H20N6S/c1-12-6-7-13(10-20-12)14-11-21-17(24-14)23-16-5-2-4-15(22-16)19-9-3-8-18/h2,4-7,10-11H,3,8-9,18H2,1H3,(H2,19,21,22,23). The normalized spacial score (nSPS) is 10.6. The van der Waals surface area contributed by atoms with Crippen molar-refractivity contribution in [2.75, 3.05) is 23.7 Å². The number of thiazole rings is 1. The molecule has 0 aliphatic rings. The first kappa shape index (κ1) is 16.4. The number of nitrogens with one attached hydrogen (secondary N) is 2. The van der Waals surface area contributed by atoms with Gasteiger partial charge in [0.15, 0.2) is 5.13 Å². The molecule has 0 saturated heterocycles. The van der Waals surface area contributed by atoms with Gasteiger partial charge in [-0.05, 0) is 38.1 Å². The van der Waals surface area contributed by atoms with Gasteiger partial charge in [-0.1, -0.05) is 23.5 Å². The summed E-state index contributed by atoms with van der Waals surface area (Å²) in [6.45, 7) is 3.46. The Bertz CT molecular complexity index is 784. The molecule has 0 aliphatic heterocycles. The lowest BCUT2D eigenvalue weighted by Crippen LogP contribution is -2.09. The van der Waals surface area contributed by atoms with Gasteiger partial charge in [0.2, 0.25) is 0 Å². The number of hydrogen-bond donors (Lipinski definition) is 3. The van der Waals surface area contributed by atoms with Gasteiger partial charge < -0.3 is 16.4 Å². The van der Waals surface area contributed by atoms with Crippen LogP contribution in [-0.4, -0.2) is 28.0 Å². The molecule has 0 radical (unpaired) electrons. The third kappa shape index (κ3) is 4.27. The molecule has 0 saturated carbocycles. The highest BCUT2D eigenvalue weighted by Crippen LogP contribution is 2.30. The third-order valence-corrected chi connectivity index (χ3v) is 4.33. The number of aromatic nitrogens is 3. The Hall–Kier alpha value is -2.51. The first-order valence-corrected chi connectivity index (χ1v) is 8.63. The fourth-order valence-electron chi connectivity index (χ4n) is 2.11. The molecule has 0 unspecified atom stereocenters. The van der Waals surface area contributed by atoms with Gasteiger partial charge in [0.25, 0.3) is 0 Å². The van der Waals surface area contributed by atoms with Crippen LogP contribution in [0.15, 0.2) is 42.7 Å². The summed E-state index contributed by atoms with van der Waals surface area (Å²) in [6, 6.07) is 9.87. The van der Waals surface area contributed by atoms with Gasteiger partial charge >= 0.3 is 0 Å². The highest BCUT2D eigenvalue weighted by molar-refractivity contribution is 7.18. The molecule has 124 valence electrons. The second kappa shape index (κ2) is 7.85. The van der Waals surface area contributed by atoms with E-state index in [-0.39, 0.29) is 0 Å². The summed E-state index contributed by atoms with van der Waals surface area (Å²) in [5, 5.41) is 7.30. The Morgan fingerprint density at radius 1 is 1.08 bits per heavy atom. The maximum Gasteiger partial charge on any atom is 0.188 e. The van der Waals surface area contributed by atoms with Gasteiger partial charge in [-0.3, -0.25) is 4.98 Å². The fourth-order valence-corrected chi connectivity index (χ4v) is 2.92. The van der Waals surface area contributed by atoms with Crippen LogP contribution in [0.2, 0.25) is 0 Å². The van der Waals surface area contributed by atoms with E-state index in [4.69, 9.17) is 5.73 Å². The molecule has 3 aromatic heterocycles. The number of hydrogen-bond acceptors (Lipinski definition) is 7. The lowest BCUT2D eigenvalue weighted by atomic mass is 10.2. The molecule has 3 rings (SSSR count). The van der Waals surface area contributed by atoms with Crippen molar-refractivity contribution in [3.63, 3.8) is 0 Å². The molecule has 0 aromatic carbocycles. The van der Waals surface area contributed by atoms with Crippen molar-refractivity contribution >= 4 is 28.1 Å². The zero-order valence-corrected chi connectivity index (χ0v) is 14.3. The van der Waals surface area contributed by atoms with Crippen molar-refractivity contribution in [1.82, 2.24) is 15.0 Å². The van der Waals surface area contributed by atoms with Crippen LogP contribution in [0.3, 0.4) is 0 Å². The van der Waals surface area contributed by atoms with Gasteiger partial charge in [-0.25, -0.2) is 9.97 Å². The average Bonchev–Trinajstić information content (AvgIpc) is 3.05. The summed E-state index contributed by atoms with van der Waals surface area (Å²) >= 11 is 1.57. The van der Waals surface area contributed by atoms with E-state index >= 15 is 0 Å². The predicted octanol–water partition coefficient (Wildman–Crippen LogP) is 3.41. The van der Waals surface area contributed by atoms with Crippen LogP contribution in [0.5, 0.6) is 0 Å². The zero-order valence-electron chi connectivity index (χ0n) is 13.5. The maximum atomic E-state index is 5.50. The van der Waals surface area contributed by atoms with Gasteiger partial charge in [0.1, 0.15) is 11.6 Å². The van der Waals surface area contributed by atoms with E-state index in [1.807, 2.05) is 43.6 Å². The smallest absolute Gasteiger partial charge is 0.188 e. The Balaban J connectivity index is 1.68. The topological polar surface area (TPSA) is 88.8 Å². The van der Waals surface area contributed by atoms with E-state index in [1.54, 1.807) is 11.3 Å². The van der Waals surface area contributed by atoms with Crippen LogP contribution in [0, 0.1) is 6.92 Å². The summed E-state index contributed by atoms with van der Waals surface area (Å²) in [7, 11) is 0. The molecule has 3 aromatic rings. The monoisotopic (exact) mass is 340 g/mol. The highest BCUT2D eigenvalue weighted by atomic mass is 32.1. The molecule has 0 spiro atoms. The zero-order chi connectivity index (χ0) is 16.8. The van der Waals surface area contributed by atoms with Gasteiger partial charge in [-0.15, -0.1) is 0 Å². The van der Waals surface area contributed by atoms with E-state index < -0.39 is 0 Å². The fraction of sp³-hybridized carbons (Fsp3) is 0.235. The quantitative estimate of drug-likeness (QED) is 0.571. The number of anilines is 3. The Kier molecular flexibility index (Phi) is 5.35. The lowest BCUT2D eigenvalue weighted by molar-refractivity contribution is 0.870. The maximum absolute atomic E-state index is 5.50. The number of nitrogens with two attached hydrogens (primary N) is 1. The van der Waals surface area contributed by atoms with Crippen LogP contribution < -0.4 is 16.4 Å². The number of aryl methyl sites for hydroxylation is 1. The molecule has 4 N–H and O–H groups in total. The number of rotatable bonds is 7. The number of pyridine rings is 2. The molecule has 3 heterocycles. The summed E-state index contributed by atoms with van der Waals surface area (Å²) in [4.78, 5) is 14.3. The Morgan fingerprint density at radius 2 is 1.96 bits per heavy atom. The summed E-state index contributed by atoms with van der Waals surface area (Å²) in [5.74, 6) is 1.59. The van der Waals surface area contributed by atoms with E-state index in [9.17, 15) is 0 Å². The molecule has 0 bridgehead atoms. The predicted molar refractivity (Wildman–Crippen MR) is 99.8 cm³/mol. The highest BCUT2D eigenvalue weighted by Gasteiger charge is 2.06. The van der Waals surface area contributed by atoms with Crippen molar-refractivity contribution in [3.8, 4) is 10.4 Å². The van der Waals surface area contributed by atoms with E-state index in [0.717, 1.165) is 45.9 Å². The van der Waals surface area contributed by atoms with Crippen molar-refractivity contribution in [3.05, 3.63) is 48.4 Å². The van der Waals surface area contributed by atoms with Crippen LogP contribution >= 0.6 is 11.3 Å². The Labute approximate surface area is 145 Å². The van der Waals surface area contributed by atoms with E-state index in [1.165, 1.54) is 0 Å². The molecule has 0 atom stereocenters. The second-order valence-electron chi connectivity index (χ2n) is 5.32. The first-order chi connectivity index (χ1) is 11.7. The molecular formula is C17H20N6S. The van der Waals surface area contributed by atoms with Gasteiger partial charge in [-0.2, -0.15) is 0 Å². The first-order valence-electron chi connectivity index (χ1n) is 7.81. The molecule has 24 heavy (non-hydrogen) atoms. The van der Waals surface area contributed by atoms with Crippen LogP contribution in [-0.2, 0) is 0 Å². The summed E-state index contributed by atoms with van der Waals surface area (Å²) in [5.41, 5.74) is 7.57. The average molecular weight is 340 g/mol. The second-order valence-corrected chi connectivity index (χ2v) is 6.35. The van der Waals surface area contributed by atoms with Crippen LogP contribution in [0.1, 0.15) is 12.1 Å². The number of nitrogens with zero attached hydrogens (tertiary/aromatic N) is 3. The SMILES string of the molecule is Cc1ccc(-c2cnc(Nc3cccc(NCCCN)n3)s2)cn1. The molecule has 6 nitrogen and oxygen atoms in total. The van der Waals surface area contributed by atoms with Crippen molar-refractivity contribution < 1.29 is 0 Å². The molecular weight excluding hydrogens is 320 g/mol. The summed E-state index contributed by atoms with van der Waals surface area (Å²) < 4.78 is 0. The summed E-state index contributed by atoms with van der Waals surface area (Å²) in [6.07, 6.45) is 4.63. The van der Waals surface area contributed by atoms with Gasteiger partial charge in [0, 0.05) is 30.2 Å². The molecule has 0 aliphatic carbocycles. The van der Waals surface area contributed by atoms with E-state index in [2.05, 4.69) is 31.7 Å². The van der Waals surface area contributed by atoms with Crippen LogP contribution in [0.4, 0.5) is 16.8 Å². The minimum atomic E-state index is 0.667. The minimum Gasteiger partial charge on any atom is -0.370 e. The third-order valence-electron chi connectivity index (χ3n) is 3.37. The lowest BCUT2D eigenvalue weighted by Gasteiger charge is -2.07. The van der Waals surface area contributed by atoms with Crippen molar-refractivity contribution in [2.24, 2.45) is 5.73 Å². The van der Waals surface area contributed by atoms with E-state index in [0.29, 0.717) is 6.54 Å². The minimum absolute atomic E-state index is 0.667. The van der Waals surface area contributed by atoms with Crippen molar-refractivity contribution in [2.45, 2.75) is 13.3 Å². The molecule has 0 fully saturated rings. The Morgan fingerprint density at radius 3 is 2.75 bits per heavy atom. The molecule has 0 amide bonds. The van der Waals surface area contributed by atoms with Crippen LogP contribution in [0.25, 0.3) is 10.4 Å². The van der Waals surface area contributed by atoms with Crippen molar-refractivity contribution in [1.29, 1.82) is 0 Å².